The molecule has 2 heteroatoms. The first-order valence-corrected chi connectivity index (χ1v) is 19.7. The van der Waals surface area contributed by atoms with Gasteiger partial charge in [0.2, 0.25) is 0 Å². The van der Waals surface area contributed by atoms with E-state index in [1.54, 1.807) is 0 Å². The Kier molecular flexibility index (Phi) is 9.27. The molecule has 0 fully saturated rings. The van der Waals surface area contributed by atoms with E-state index in [1.807, 2.05) is 12.1 Å². The molecule has 0 spiro atoms. The lowest BCUT2D eigenvalue weighted by Crippen LogP contribution is -2.10. The van der Waals surface area contributed by atoms with Crippen molar-refractivity contribution < 1.29 is 4.42 Å². The summed E-state index contributed by atoms with van der Waals surface area (Å²) in [7, 11) is 0. The summed E-state index contributed by atoms with van der Waals surface area (Å²) in [6, 6.07) is 84.2. The predicted molar refractivity (Wildman–Crippen MR) is 244 cm³/mol. The molecule has 0 amide bonds. The second-order valence-corrected chi connectivity index (χ2v) is 14.6. The lowest BCUT2D eigenvalue weighted by atomic mass is 9.93. The van der Waals surface area contributed by atoms with Gasteiger partial charge >= 0.3 is 0 Å². The highest BCUT2D eigenvalue weighted by Gasteiger charge is 2.17. The summed E-state index contributed by atoms with van der Waals surface area (Å²) in [6.07, 6.45) is 0. The van der Waals surface area contributed by atoms with Gasteiger partial charge in [0.15, 0.2) is 0 Å². The topological polar surface area (TPSA) is 16.4 Å². The van der Waals surface area contributed by atoms with Gasteiger partial charge in [-0.2, -0.15) is 0 Å². The number of benzene rings is 9. The van der Waals surface area contributed by atoms with Crippen LogP contribution < -0.4 is 4.90 Å². The molecule has 10 rings (SSSR count). The van der Waals surface area contributed by atoms with Gasteiger partial charge in [-0.05, 0) is 110 Å². The van der Waals surface area contributed by atoms with Gasteiger partial charge in [0.25, 0.3) is 0 Å². The smallest absolute Gasteiger partial charge is 0.136 e. The molecule has 0 saturated heterocycles. The molecular formula is C56H39NO. The Morgan fingerprint density at radius 3 is 1.28 bits per heavy atom. The Morgan fingerprint density at radius 1 is 0.259 bits per heavy atom. The average molecular weight is 742 g/mol. The number of fused-ring (bicyclic) bond motifs is 1. The summed E-state index contributed by atoms with van der Waals surface area (Å²) in [6.45, 7) is 0. The average Bonchev–Trinajstić information content (AvgIpc) is 3.75. The van der Waals surface area contributed by atoms with Gasteiger partial charge in [0, 0.05) is 28.0 Å². The van der Waals surface area contributed by atoms with Gasteiger partial charge in [-0.3, -0.25) is 0 Å². The van der Waals surface area contributed by atoms with E-state index in [9.17, 15) is 0 Å². The molecule has 0 atom stereocenters. The second kappa shape index (κ2) is 15.5. The fourth-order valence-electron chi connectivity index (χ4n) is 7.91. The molecule has 58 heavy (non-hydrogen) atoms. The van der Waals surface area contributed by atoms with Crippen molar-refractivity contribution in [2.75, 3.05) is 4.90 Å². The molecule has 0 aliphatic rings. The van der Waals surface area contributed by atoms with Crippen molar-refractivity contribution in [3.8, 4) is 67.0 Å². The fraction of sp³-hybridized carbons (Fsp3) is 0. The monoisotopic (exact) mass is 741 g/mol. The van der Waals surface area contributed by atoms with Crippen molar-refractivity contribution in [3.63, 3.8) is 0 Å². The number of furan rings is 1. The number of nitrogens with zero attached hydrogens (tertiary/aromatic N) is 1. The van der Waals surface area contributed by atoms with Gasteiger partial charge in [-0.15, -0.1) is 0 Å². The SMILES string of the molecule is c1ccc(-c2ccc(-c3ccc(N(c4ccc(-c5ccc(-c6ccccc6)c(-c6cc7ccccc7o6)c5)cc4)c4cccc(-c5ccccc5)c4)cc3)cc2)cc1. The molecular weight excluding hydrogens is 703 g/mol. The molecule has 274 valence electrons. The number of anilines is 3. The quantitative estimate of drug-likeness (QED) is 0.146. The second-order valence-electron chi connectivity index (χ2n) is 14.6. The Labute approximate surface area is 339 Å². The Bertz CT molecular complexity index is 2920. The summed E-state index contributed by atoms with van der Waals surface area (Å²) in [5.74, 6) is 0.860. The van der Waals surface area contributed by atoms with Crippen LogP contribution in [0.2, 0.25) is 0 Å². The van der Waals surface area contributed by atoms with Crippen LogP contribution in [-0.2, 0) is 0 Å². The van der Waals surface area contributed by atoms with Gasteiger partial charge in [0.05, 0.1) is 0 Å². The molecule has 2 nitrogen and oxygen atoms in total. The van der Waals surface area contributed by atoms with Gasteiger partial charge in [-0.1, -0.05) is 182 Å². The zero-order valence-corrected chi connectivity index (χ0v) is 31.9. The van der Waals surface area contributed by atoms with Crippen LogP contribution in [0.15, 0.2) is 241 Å². The molecule has 10 aromatic rings. The van der Waals surface area contributed by atoms with Gasteiger partial charge in [-0.25, -0.2) is 0 Å². The van der Waals surface area contributed by atoms with Gasteiger partial charge in [0.1, 0.15) is 11.3 Å². The van der Waals surface area contributed by atoms with Crippen molar-refractivity contribution in [2.45, 2.75) is 0 Å². The van der Waals surface area contributed by atoms with Crippen molar-refractivity contribution in [1.29, 1.82) is 0 Å². The highest BCUT2D eigenvalue weighted by molar-refractivity contribution is 5.91. The maximum Gasteiger partial charge on any atom is 0.136 e. The van der Waals surface area contributed by atoms with E-state index in [4.69, 9.17) is 4.42 Å². The van der Waals surface area contributed by atoms with E-state index in [0.717, 1.165) is 61.6 Å². The van der Waals surface area contributed by atoms with Crippen LogP contribution in [0, 0.1) is 0 Å². The van der Waals surface area contributed by atoms with E-state index in [-0.39, 0.29) is 0 Å². The van der Waals surface area contributed by atoms with Crippen LogP contribution in [0.1, 0.15) is 0 Å². The molecule has 0 N–H and O–H groups in total. The number of rotatable bonds is 9. The number of hydrogen-bond acceptors (Lipinski definition) is 2. The third kappa shape index (κ3) is 7.00. The zero-order chi connectivity index (χ0) is 38.7. The number of para-hydroxylation sites is 1. The highest BCUT2D eigenvalue weighted by atomic mass is 16.3. The van der Waals surface area contributed by atoms with Crippen molar-refractivity contribution in [2.24, 2.45) is 0 Å². The molecule has 1 heterocycles. The molecule has 0 radical (unpaired) electrons. The molecule has 0 unspecified atom stereocenters. The molecule has 0 saturated carbocycles. The van der Waals surface area contributed by atoms with E-state index >= 15 is 0 Å². The largest absolute Gasteiger partial charge is 0.456 e. The molecule has 0 aliphatic heterocycles. The molecule has 0 bridgehead atoms. The fourth-order valence-corrected chi connectivity index (χ4v) is 7.91. The highest BCUT2D eigenvalue weighted by Crippen LogP contribution is 2.41. The maximum atomic E-state index is 6.45. The van der Waals surface area contributed by atoms with Crippen LogP contribution in [0.4, 0.5) is 17.1 Å². The predicted octanol–water partition coefficient (Wildman–Crippen LogP) is 15.9. The minimum atomic E-state index is 0.860. The Balaban J connectivity index is 1.02. The van der Waals surface area contributed by atoms with E-state index in [1.165, 1.54) is 33.4 Å². The number of hydrogen-bond donors (Lipinski definition) is 0. The summed E-state index contributed by atoms with van der Waals surface area (Å²) < 4.78 is 6.45. The van der Waals surface area contributed by atoms with E-state index in [2.05, 4.69) is 229 Å². The minimum absolute atomic E-state index is 0.860. The van der Waals surface area contributed by atoms with Gasteiger partial charge < -0.3 is 9.32 Å². The first-order chi connectivity index (χ1) is 28.7. The molecule has 9 aromatic carbocycles. The third-order valence-electron chi connectivity index (χ3n) is 10.9. The summed E-state index contributed by atoms with van der Waals surface area (Å²) in [4.78, 5) is 2.34. The third-order valence-corrected chi connectivity index (χ3v) is 10.9. The van der Waals surface area contributed by atoms with Crippen LogP contribution >= 0.6 is 0 Å². The van der Waals surface area contributed by atoms with Crippen molar-refractivity contribution in [1.82, 2.24) is 0 Å². The van der Waals surface area contributed by atoms with Crippen molar-refractivity contribution >= 4 is 28.0 Å². The Hall–Kier alpha value is -7.68. The van der Waals surface area contributed by atoms with Crippen LogP contribution in [0.25, 0.3) is 77.9 Å². The van der Waals surface area contributed by atoms with E-state index < -0.39 is 0 Å². The zero-order valence-electron chi connectivity index (χ0n) is 31.9. The van der Waals surface area contributed by atoms with Crippen LogP contribution in [-0.4, -0.2) is 0 Å². The van der Waals surface area contributed by atoms with E-state index in [0.29, 0.717) is 0 Å². The summed E-state index contributed by atoms with van der Waals surface area (Å²) in [5, 5.41) is 1.09. The Morgan fingerprint density at radius 2 is 0.690 bits per heavy atom. The first-order valence-electron chi connectivity index (χ1n) is 19.7. The molecule has 1 aromatic heterocycles. The summed E-state index contributed by atoms with van der Waals surface area (Å²) in [5.41, 5.74) is 16.9. The van der Waals surface area contributed by atoms with Crippen molar-refractivity contribution in [3.05, 3.63) is 237 Å². The normalized spacial score (nSPS) is 11.1. The molecule has 0 aliphatic carbocycles. The van der Waals surface area contributed by atoms with Crippen LogP contribution in [0.5, 0.6) is 0 Å². The minimum Gasteiger partial charge on any atom is -0.456 e. The summed E-state index contributed by atoms with van der Waals surface area (Å²) >= 11 is 0. The maximum absolute atomic E-state index is 6.45. The first kappa shape index (κ1) is 34.8. The lowest BCUT2D eigenvalue weighted by molar-refractivity contribution is 0.632. The lowest BCUT2D eigenvalue weighted by Gasteiger charge is -2.26. The van der Waals surface area contributed by atoms with Crippen LogP contribution in [0.3, 0.4) is 0 Å². The standard InChI is InChI=1S/C56H39NO/c1-4-13-40(14-5-1)42-23-25-43(26-24-42)44-27-32-50(33-28-44)57(52-21-12-20-47(37-52)41-15-6-2-7-16-41)51-34-29-45(30-35-51)48-31-36-53(46-17-8-3-9-18-46)54(38-48)56-39-49-19-10-11-22-55(49)58-56/h1-39H.